The van der Waals surface area contributed by atoms with Crippen LogP contribution in [0.25, 0.3) is 0 Å². The van der Waals surface area contributed by atoms with E-state index < -0.39 is 0 Å². The van der Waals surface area contributed by atoms with Crippen molar-refractivity contribution in [2.45, 2.75) is 52.3 Å². The average Bonchev–Trinajstić information content (AvgIpc) is 2.51. The van der Waals surface area contributed by atoms with Crippen LogP contribution in [0.1, 0.15) is 50.4 Å². The number of para-hydroxylation sites is 1. The molecule has 1 aliphatic carbocycles. The number of hydrogen-bond acceptors (Lipinski definition) is 5. The summed E-state index contributed by atoms with van der Waals surface area (Å²) in [5.74, 6) is 1.41. The van der Waals surface area contributed by atoms with Crippen LogP contribution in [0.2, 0.25) is 0 Å². The van der Waals surface area contributed by atoms with Gasteiger partial charge in [-0.2, -0.15) is 0 Å². The molecule has 1 saturated heterocycles. The molecule has 0 aromatic heterocycles. The fourth-order valence-corrected chi connectivity index (χ4v) is 3.72. The maximum Gasteiger partial charge on any atom is 0.340 e. The minimum absolute atomic E-state index is 0.0257. The van der Waals surface area contributed by atoms with E-state index in [0.29, 0.717) is 23.3 Å². The first kappa shape index (κ1) is 17.2. The quantitative estimate of drug-likeness (QED) is 0.724. The highest BCUT2D eigenvalue weighted by atomic mass is 16.5. The Hall–Kier alpha value is -1.59. The number of rotatable bonds is 5. The van der Waals surface area contributed by atoms with Crippen molar-refractivity contribution in [2.24, 2.45) is 17.8 Å². The van der Waals surface area contributed by atoms with E-state index in [1.807, 2.05) is 24.3 Å². The number of hydrazine groups is 1. The fraction of sp³-hybridized carbons (Fsp3) is 0.632. The van der Waals surface area contributed by atoms with Gasteiger partial charge in [-0.1, -0.05) is 39.3 Å². The van der Waals surface area contributed by atoms with Crippen LogP contribution in [0, 0.1) is 17.8 Å². The first-order chi connectivity index (χ1) is 11.5. The van der Waals surface area contributed by atoms with Crippen molar-refractivity contribution in [1.82, 2.24) is 10.9 Å². The number of benzene rings is 1. The molecular formula is C19H29N3O2. The van der Waals surface area contributed by atoms with Gasteiger partial charge in [0.25, 0.3) is 0 Å². The topological polar surface area (TPSA) is 62.4 Å². The lowest BCUT2D eigenvalue weighted by molar-refractivity contribution is -0.0173. The Bertz CT molecular complexity index is 571. The Morgan fingerprint density at radius 2 is 2.04 bits per heavy atom. The molecule has 2 aliphatic rings. The van der Waals surface area contributed by atoms with E-state index in [-0.39, 0.29) is 18.2 Å². The number of hydrogen-bond donors (Lipinski definition) is 3. The highest BCUT2D eigenvalue weighted by Gasteiger charge is 2.34. The molecule has 5 nitrogen and oxygen atoms in total. The average molecular weight is 331 g/mol. The second-order valence-electron chi connectivity index (χ2n) is 7.54. The largest absolute Gasteiger partial charge is 0.458 e. The summed E-state index contributed by atoms with van der Waals surface area (Å²) < 4.78 is 5.98. The molecule has 0 amide bonds. The van der Waals surface area contributed by atoms with E-state index in [2.05, 4.69) is 36.9 Å². The summed E-state index contributed by atoms with van der Waals surface area (Å²) in [5, 5.41) is 3.33. The molecule has 1 aliphatic heterocycles. The van der Waals surface area contributed by atoms with Crippen LogP contribution in [0.3, 0.4) is 0 Å². The molecule has 132 valence electrons. The summed E-state index contributed by atoms with van der Waals surface area (Å²) >= 11 is 0. The van der Waals surface area contributed by atoms with Crippen molar-refractivity contribution < 1.29 is 9.53 Å². The third-order valence-electron chi connectivity index (χ3n) is 5.28. The predicted molar refractivity (Wildman–Crippen MR) is 95.5 cm³/mol. The summed E-state index contributed by atoms with van der Waals surface area (Å²) in [5.41, 5.74) is 7.49. The first-order valence-electron chi connectivity index (χ1n) is 9.09. The monoisotopic (exact) mass is 331 g/mol. The molecule has 1 heterocycles. The van der Waals surface area contributed by atoms with Crippen LogP contribution in [0.5, 0.6) is 0 Å². The Morgan fingerprint density at radius 1 is 1.29 bits per heavy atom. The number of carbonyl (C=O) groups is 1. The normalized spacial score (nSPS) is 29.8. The summed E-state index contributed by atoms with van der Waals surface area (Å²) in [6.07, 6.45) is 3.53. The summed E-state index contributed by atoms with van der Waals surface area (Å²) in [6.45, 7) is 7.54. The second kappa shape index (κ2) is 7.53. The van der Waals surface area contributed by atoms with E-state index in [9.17, 15) is 4.79 Å². The third kappa shape index (κ3) is 3.90. The maximum atomic E-state index is 12.8. The highest BCUT2D eigenvalue weighted by molar-refractivity contribution is 5.95. The molecule has 3 rings (SSSR count). The van der Waals surface area contributed by atoms with Crippen LogP contribution in [0.4, 0.5) is 5.69 Å². The molecule has 2 fully saturated rings. The lowest BCUT2D eigenvalue weighted by Gasteiger charge is -2.37. The molecule has 24 heavy (non-hydrogen) atoms. The van der Waals surface area contributed by atoms with Gasteiger partial charge in [0.1, 0.15) is 12.3 Å². The summed E-state index contributed by atoms with van der Waals surface area (Å²) in [7, 11) is 0. The van der Waals surface area contributed by atoms with E-state index >= 15 is 0 Å². The molecule has 1 saturated carbocycles. The Kier molecular flexibility index (Phi) is 5.41. The van der Waals surface area contributed by atoms with Gasteiger partial charge >= 0.3 is 5.97 Å². The van der Waals surface area contributed by atoms with Crippen LogP contribution in [-0.2, 0) is 4.74 Å². The van der Waals surface area contributed by atoms with Crippen molar-refractivity contribution in [1.29, 1.82) is 0 Å². The van der Waals surface area contributed by atoms with Crippen molar-refractivity contribution in [3.05, 3.63) is 29.8 Å². The maximum absolute atomic E-state index is 12.8. The van der Waals surface area contributed by atoms with Crippen LogP contribution < -0.4 is 16.2 Å². The number of nitrogens with one attached hydrogen (secondary N) is 3. The number of ether oxygens (including phenoxy) is 1. The highest BCUT2D eigenvalue weighted by Crippen LogP contribution is 2.36. The van der Waals surface area contributed by atoms with E-state index in [1.165, 1.54) is 6.42 Å². The van der Waals surface area contributed by atoms with E-state index in [4.69, 9.17) is 4.74 Å². The Labute approximate surface area is 144 Å². The zero-order chi connectivity index (χ0) is 17.1. The van der Waals surface area contributed by atoms with E-state index in [1.54, 1.807) is 0 Å². The van der Waals surface area contributed by atoms with Crippen molar-refractivity contribution in [2.75, 3.05) is 11.9 Å². The first-order valence-corrected chi connectivity index (χ1v) is 9.09. The molecule has 1 aromatic carbocycles. The molecule has 5 heteroatoms. The van der Waals surface area contributed by atoms with Crippen LogP contribution in [-0.4, -0.2) is 24.8 Å². The molecule has 1 aromatic rings. The molecule has 4 atom stereocenters. The zero-order valence-corrected chi connectivity index (χ0v) is 14.8. The predicted octanol–water partition coefficient (Wildman–Crippen LogP) is 3.15. The van der Waals surface area contributed by atoms with Gasteiger partial charge < -0.3 is 10.1 Å². The Morgan fingerprint density at radius 3 is 2.71 bits per heavy atom. The van der Waals surface area contributed by atoms with Crippen molar-refractivity contribution in [3.63, 3.8) is 0 Å². The van der Waals surface area contributed by atoms with Gasteiger partial charge in [0.2, 0.25) is 0 Å². The van der Waals surface area contributed by atoms with Gasteiger partial charge in [-0.3, -0.25) is 5.43 Å². The number of esters is 1. The zero-order valence-electron chi connectivity index (χ0n) is 14.8. The lowest BCUT2D eigenvalue weighted by Crippen LogP contribution is -2.62. The molecule has 1 unspecified atom stereocenters. The van der Waals surface area contributed by atoms with Gasteiger partial charge in [0.15, 0.2) is 0 Å². The van der Waals surface area contributed by atoms with Crippen LogP contribution >= 0.6 is 0 Å². The van der Waals surface area contributed by atoms with Gasteiger partial charge in [0, 0.05) is 12.2 Å². The molecule has 3 N–H and O–H groups in total. The van der Waals surface area contributed by atoms with Crippen molar-refractivity contribution >= 4 is 11.7 Å². The minimum atomic E-state index is -0.213. The summed E-state index contributed by atoms with van der Waals surface area (Å²) in [4.78, 5) is 12.8. The standard InChI is InChI=1S/C19H29N3O2/c1-12(2)14-9-8-13(3)10-17(14)24-19(23)15-6-4-5-7-16(15)21-18-11-20-22-18/h4-7,12-14,17-18,20-22H,8-11H2,1-3H3/t13-,14+,17-,18?/m1/s1. The SMILES string of the molecule is CC(C)[C@@H]1CC[C@@H](C)C[C@H]1OC(=O)c1ccccc1NC1CNN1. The molecule has 0 radical (unpaired) electrons. The number of anilines is 1. The molecule has 0 spiro atoms. The minimum Gasteiger partial charge on any atom is -0.458 e. The van der Waals surface area contributed by atoms with Crippen LogP contribution in [0.15, 0.2) is 24.3 Å². The van der Waals surface area contributed by atoms with E-state index in [0.717, 1.165) is 25.1 Å². The fourth-order valence-electron chi connectivity index (χ4n) is 3.72. The Balaban J connectivity index is 1.71. The van der Waals surface area contributed by atoms with Gasteiger partial charge in [-0.05, 0) is 42.7 Å². The third-order valence-corrected chi connectivity index (χ3v) is 5.28. The molecule has 0 bridgehead atoms. The molecular weight excluding hydrogens is 302 g/mol. The number of carbonyl (C=O) groups excluding carboxylic acids is 1. The van der Waals surface area contributed by atoms with Gasteiger partial charge in [0.05, 0.1) is 5.56 Å². The summed E-state index contributed by atoms with van der Waals surface area (Å²) in [6, 6.07) is 7.59. The lowest BCUT2D eigenvalue weighted by atomic mass is 9.75. The van der Waals surface area contributed by atoms with Gasteiger partial charge in [-0.15, -0.1) is 0 Å². The van der Waals surface area contributed by atoms with Crippen molar-refractivity contribution in [3.8, 4) is 0 Å². The smallest absolute Gasteiger partial charge is 0.340 e. The second-order valence-corrected chi connectivity index (χ2v) is 7.54. The van der Waals surface area contributed by atoms with Gasteiger partial charge in [-0.25, -0.2) is 10.2 Å².